The van der Waals surface area contributed by atoms with Gasteiger partial charge in [-0.1, -0.05) is 6.92 Å². The van der Waals surface area contributed by atoms with E-state index in [-0.39, 0.29) is 0 Å². The van der Waals surface area contributed by atoms with Crippen LogP contribution in [-0.2, 0) is 10.8 Å². The van der Waals surface area contributed by atoms with E-state index >= 15 is 0 Å². The molecule has 1 aliphatic heterocycles. The lowest BCUT2D eigenvalue weighted by atomic mass is 10.0. The Hall–Kier alpha value is 0.0700. The maximum Gasteiger partial charge on any atom is 0.0329 e. The van der Waals surface area contributed by atoms with E-state index < -0.39 is 10.8 Å². The first-order valence-electron chi connectivity index (χ1n) is 6.80. The van der Waals surface area contributed by atoms with Crippen molar-refractivity contribution in [3.63, 3.8) is 0 Å². The Labute approximate surface area is 109 Å². The summed E-state index contributed by atoms with van der Waals surface area (Å²) in [5.41, 5.74) is 0. The van der Waals surface area contributed by atoms with Crippen molar-refractivity contribution in [3.05, 3.63) is 0 Å². The molecule has 0 aliphatic carbocycles. The van der Waals surface area contributed by atoms with Gasteiger partial charge in [-0.2, -0.15) is 0 Å². The zero-order valence-corrected chi connectivity index (χ0v) is 12.6. The van der Waals surface area contributed by atoms with E-state index in [1.807, 2.05) is 0 Å². The van der Waals surface area contributed by atoms with Crippen LogP contribution < -0.4 is 5.32 Å². The van der Waals surface area contributed by atoms with Crippen LogP contribution in [0.1, 0.15) is 40.0 Å². The van der Waals surface area contributed by atoms with Gasteiger partial charge in [0.2, 0.25) is 0 Å². The van der Waals surface area contributed by atoms with Crippen molar-refractivity contribution < 1.29 is 4.21 Å². The summed E-state index contributed by atoms with van der Waals surface area (Å²) in [6, 6.07) is 1.35. The second-order valence-electron chi connectivity index (χ2n) is 5.46. The Morgan fingerprint density at radius 1 is 1.29 bits per heavy atom. The van der Waals surface area contributed by atoms with Gasteiger partial charge in [0.25, 0.3) is 0 Å². The van der Waals surface area contributed by atoms with E-state index in [4.69, 9.17) is 0 Å². The number of piperidine rings is 1. The molecule has 0 aromatic heterocycles. The molecule has 17 heavy (non-hydrogen) atoms. The lowest BCUT2D eigenvalue weighted by Gasteiger charge is -2.35. The molecule has 1 rings (SSSR count). The molecule has 1 heterocycles. The quantitative estimate of drug-likeness (QED) is 0.787. The zero-order chi connectivity index (χ0) is 12.8. The smallest absolute Gasteiger partial charge is 0.0329 e. The summed E-state index contributed by atoms with van der Waals surface area (Å²) >= 11 is 0. The van der Waals surface area contributed by atoms with Gasteiger partial charge >= 0.3 is 0 Å². The molecule has 3 nitrogen and oxygen atoms in total. The van der Waals surface area contributed by atoms with Crippen molar-refractivity contribution >= 4 is 10.8 Å². The molecule has 2 atom stereocenters. The number of hydrogen-bond donors (Lipinski definition) is 1. The normalized spacial score (nSPS) is 22.9. The van der Waals surface area contributed by atoms with Gasteiger partial charge in [0.05, 0.1) is 0 Å². The van der Waals surface area contributed by atoms with Crippen LogP contribution in [0.4, 0.5) is 0 Å². The van der Waals surface area contributed by atoms with Gasteiger partial charge < -0.3 is 10.2 Å². The van der Waals surface area contributed by atoms with Crippen LogP contribution in [0.3, 0.4) is 0 Å². The van der Waals surface area contributed by atoms with Crippen LogP contribution in [0.25, 0.3) is 0 Å². The minimum Gasteiger partial charge on any atom is -0.314 e. The predicted molar refractivity (Wildman–Crippen MR) is 75.9 cm³/mol. The van der Waals surface area contributed by atoms with Crippen LogP contribution in [0, 0.1) is 0 Å². The molecule has 0 amide bonds. The predicted octanol–water partition coefficient (Wildman–Crippen LogP) is 1.61. The summed E-state index contributed by atoms with van der Waals surface area (Å²) in [7, 11) is -0.677. The van der Waals surface area contributed by atoms with Crippen LogP contribution >= 0.6 is 0 Å². The first kappa shape index (κ1) is 15.1. The monoisotopic (exact) mass is 260 g/mol. The fourth-order valence-electron chi connectivity index (χ4n) is 2.28. The van der Waals surface area contributed by atoms with E-state index in [9.17, 15) is 4.21 Å². The molecule has 0 bridgehead atoms. The first-order valence-corrected chi connectivity index (χ1v) is 8.42. The Balaban J connectivity index is 2.12. The van der Waals surface area contributed by atoms with Gasteiger partial charge in [0.1, 0.15) is 0 Å². The maximum atomic E-state index is 11.2. The molecule has 0 spiro atoms. The molecule has 2 unspecified atom stereocenters. The van der Waals surface area contributed by atoms with E-state index in [0.29, 0.717) is 17.3 Å². The SMILES string of the molecule is CC(C)N1CCC(NCCC(C)S(C)=O)CC1. The molecular weight excluding hydrogens is 232 g/mol. The van der Waals surface area contributed by atoms with Crippen molar-refractivity contribution in [2.75, 3.05) is 25.9 Å². The Morgan fingerprint density at radius 3 is 2.35 bits per heavy atom. The molecule has 4 heteroatoms. The molecule has 1 N–H and O–H groups in total. The summed E-state index contributed by atoms with van der Waals surface area (Å²) in [4.78, 5) is 2.54. The standard InChI is InChI=1S/C13H28N2OS/c1-11(2)15-9-6-13(7-10-15)14-8-5-12(3)17(4)16/h11-14H,5-10H2,1-4H3. The number of likely N-dealkylation sites (tertiary alicyclic amines) is 1. The third kappa shape index (κ3) is 5.49. The lowest BCUT2D eigenvalue weighted by molar-refractivity contribution is 0.161. The van der Waals surface area contributed by atoms with E-state index in [2.05, 4.69) is 31.0 Å². The van der Waals surface area contributed by atoms with Crippen LogP contribution in [0.5, 0.6) is 0 Å². The van der Waals surface area contributed by atoms with Crippen LogP contribution in [0.2, 0.25) is 0 Å². The molecule has 1 aliphatic rings. The Morgan fingerprint density at radius 2 is 1.88 bits per heavy atom. The van der Waals surface area contributed by atoms with Crippen molar-refractivity contribution in [2.45, 2.75) is 57.4 Å². The zero-order valence-electron chi connectivity index (χ0n) is 11.7. The van der Waals surface area contributed by atoms with Crippen molar-refractivity contribution in [2.24, 2.45) is 0 Å². The molecular formula is C13H28N2OS. The van der Waals surface area contributed by atoms with Crippen molar-refractivity contribution in [1.29, 1.82) is 0 Å². The molecule has 0 aromatic rings. The van der Waals surface area contributed by atoms with Crippen molar-refractivity contribution in [3.8, 4) is 0 Å². The summed E-state index contributed by atoms with van der Waals surface area (Å²) in [5.74, 6) is 0. The van der Waals surface area contributed by atoms with Gasteiger partial charge in [-0.15, -0.1) is 0 Å². The van der Waals surface area contributed by atoms with Crippen LogP contribution in [0.15, 0.2) is 0 Å². The molecule has 1 fully saturated rings. The summed E-state index contributed by atoms with van der Waals surface area (Å²) in [5, 5.41) is 3.92. The third-order valence-electron chi connectivity index (χ3n) is 3.81. The minimum absolute atomic E-state index is 0.318. The largest absolute Gasteiger partial charge is 0.314 e. The molecule has 1 saturated heterocycles. The van der Waals surface area contributed by atoms with Gasteiger partial charge in [-0.25, -0.2) is 0 Å². The molecule has 0 saturated carbocycles. The fourth-order valence-corrected chi connectivity index (χ4v) is 2.73. The van der Waals surface area contributed by atoms with Crippen molar-refractivity contribution in [1.82, 2.24) is 10.2 Å². The van der Waals surface area contributed by atoms with E-state index in [1.54, 1.807) is 6.26 Å². The summed E-state index contributed by atoms with van der Waals surface area (Å²) in [6.45, 7) is 10.0. The van der Waals surface area contributed by atoms with Gasteiger partial charge in [-0.05, 0) is 52.7 Å². The maximum absolute atomic E-state index is 11.2. The van der Waals surface area contributed by atoms with E-state index in [1.165, 1.54) is 25.9 Å². The molecule has 102 valence electrons. The third-order valence-corrected chi connectivity index (χ3v) is 5.18. The average Bonchev–Trinajstić information content (AvgIpc) is 2.29. The number of nitrogens with zero attached hydrogens (tertiary/aromatic N) is 1. The van der Waals surface area contributed by atoms with E-state index in [0.717, 1.165) is 13.0 Å². The Kier molecular flexibility index (Phi) is 6.67. The number of nitrogens with one attached hydrogen (secondary N) is 1. The van der Waals surface area contributed by atoms with Gasteiger partial charge in [-0.3, -0.25) is 4.21 Å². The van der Waals surface area contributed by atoms with Gasteiger partial charge in [0.15, 0.2) is 0 Å². The highest BCUT2D eigenvalue weighted by atomic mass is 32.2. The first-order chi connectivity index (χ1) is 8.00. The highest BCUT2D eigenvalue weighted by Gasteiger charge is 2.20. The second kappa shape index (κ2) is 7.49. The summed E-state index contributed by atoms with van der Waals surface area (Å²) < 4.78 is 11.2. The fraction of sp³-hybridized carbons (Fsp3) is 1.00. The molecule has 0 aromatic carbocycles. The topological polar surface area (TPSA) is 32.3 Å². The second-order valence-corrected chi connectivity index (χ2v) is 7.26. The lowest BCUT2D eigenvalue weighted by Crippen LogP contribution is -2.45. The number of rotatable bonds is 6. The molecule has 0 radical (unpaired) electrons. The highest BCUT2D eigenvalue weighted by Crippen LogP contribution is 2.13. The minimum atomic E-state index is -0.677. The van der Waals surface area contributed by atoms with Gasteiger partial charge in [0, 0.05) is 34.4 Å². The summed E-state index contributed by atoms with van der Waals surface area (Å²) in [6.07, 6.45) is 5.32. The van der Waals surface area contributed by atoms with Crippen LogP contribution in [-0.4, -0.2) is 52.3 Å². The Bertz CT molecular complexity index is 238. The average molecular weight is 260 g/mol. The highest BCUT2D eigenvalue weighted by molar-refractivity contribution is 7.84. The number of hydrogen-bond acceptors (Lipinski definition) is 3.